The summed E-state index contributed by atoms with van der Waals surface area (Å²) in [5, 5.41) is 2.88. The highest BCUT2D eigenvalue weighted by atomic mass is 32.2. The number of benzene rings is 3. The van der Waals surface area contributed by atoms with E-state index in [1.165, 1.54) is 12.1 Å². The molecule has 0 aliphatic rings. The highest BCUT2D eigenvalue weighted by molar-refractivity contribution is 7.89. The van der Waals surface area contributed by atoms with Crippen LogP contribution in [0.2, 0.25) is 0 Å². The average molecular weight is 451 g/mol. The van der Waals surface area contributed by atoms with Gasteiger partial charge < -0.3 is 10.2 Å². The third-order valence-corrected chi connectivity index (χ3v) is 6.55. The van der Waals surface area contributed by atoms with Crippen molar-refractivity contribution in [1.82, 2.24) is 10.0 Å². The zero-order valence-electron chi connectivity index (χ0n) is 18.1. The molecule has 0 saturated heterocycles. The molecular weight excluding hydrogens is 422 g/mol. The summed E-state index contributed by atoms with van der Waals surface area (Å²) in [5.74, 6) is -0.347. The second-order valence-corrected chi connectivity index (χ2v) is 9.21. The normalized spacial score (nSPS) is 12.2. The van der Waals surface area contributed by atoms with Crippen molar-refractivity contribution in [1.29, 1.82) is 0 Å². The van der Waals surface area contributed by atoms with Gasteiger partial charge in [-0.1, -0.05) is 60.7 Å². The van der Waals surface area contributed by atoms with Crippen molar-refractivity contribution in [3.05, 3.63) is 96.6 Å². The van der Waals surface area contributed by atoms with E-state index in [9.17, 15) is 13.2 Å². The molecule has 0 heterocycles. The van der Waals surface area contributed by atoms with Gasteiger partial charge in [0.2, 0.25) is 15.9 Å². The zero-order chi connectivity index (χ0) is 22.8. The quantitative estimate of drug-likeness (QED) is 0.440. The van der Waals surface area contributed by atoms with Crippen LogP contribution < -0.4 is 14.9 Å². The standard InChI is InChI=1S/C25H28N3O3S/c1-28(22-14-7-3-8-15-22)19-11-18-26-25(29)24(20-21-12-5-2-6-13-21)27-32(30,31)23-16-9-4-10-17-23/h3-10,12-17,24,27H,11,18-20H2,1H3,(H,26,29). The molecule has 1 atom stereocenters. The summed E-state index contributed by atoms with van der Waals surface area (Å²) in [6.07, 6.45) is 0.978. The van der Waals surface area contributed by atoms with Gasteiger partial charge >= 0.3 is 0 Å². The van der Waals surface area contributed by atoms with Gasteiger partial charge in [-0.3, -0.25) is 4.79 Å². The highest BCUT2D eigenvalue weighted by Crippen LogP contribution is 2.12. The van der Waals surface area contributed by atoms with Crippen LogP contribution in [0.25, 0.3) is 0 Å². The third kappa shape index (κ3) is 6.93. The predicted octanol–water partition coefficient (Wildman–Crippen LogP) is 3.02. The van der Waals surface area contributed by atoms with Crippen LogP contribution in [0.4, 0.5) is 5.69 Å². The lowest BCUT2D eigenvalue weighted by Crippen LogP contribution is -2.48. The van der Waals surface area contributed by atoms with Crippen molar-refractivity contribution in [3.8, 4) is 0 Å². The van der Waals surface area contributed by atoms with Gasteiger partial charge in [0.15, 0.2) is 0 Å². The highest BCUT2D eigenvalue weighted by Gasteiger charge is 2.25. The summed E-state index contributed by atoms with van der Waals surface area (Å²) in [6, 6.07) is 27.2. The zero-order valence-corrected chi connectivity index (χ0v) is 18.9. The van der Waals surface area contributed by atoms with Gasteiger partial charge in [-0.15, -0.1) is 0 Å². The van der Waals surface area contributed by atoms with Crippen molar-refractivity contribution in [2.75, 3.05) is 25.0 Å². The fraction of sp³-hybridized carbons (Fsp3) is 0.240. The van der Waals surface area contributed by atoms with Crippen LogP contribution in [-0.2, 0) is 21.2 Å². The lowest BCUT2D eigenvalue weighted by molar-refractivity contribution is -0.122. The molecule has 0 bridgehead atoms. The number of hydrogen-bond acceptors (Lipinski definition) is 4. The van der Waals surface area contributed by atoms with Crippen molar-refractivity contribution in [2.45, 2.75) is 23.8 Å². The fourth-order valence-corrected chi connectivity index (χ4v) is 4.52. The molecule has 32 heavy (non-hydrogen) atoms. The number of nitrogens with one attached hydrogen (secondary N) is 2. The first-order valence-electron chi connectivity index (χ1n) is 10.5. The van der Waals surface area contributed by atoms with Gasteiger partial charge in [0.05, 0.1) is 4.90 Å². The van der Waals surface area contributed by atoms with E-state index in [1.54, 1.807) is 30.3 Å². The van der Waals surface area contributed by atoms with Crippen LogP contribution in [0.1, 0.15) is 12.0 Å². The van der Waals surface area contributed by atoms with E-state index < -0.39 is 16.1 Å². The van der Waals surface area contributed by atoms with Crippen LogP contribution in [0.15, 0.2) is 89.8 Å². The Kier molecular flexibility index (Phi) is 8.41. The number of para-hydroxylation sites is 1. The SMILES string of the molecule is CN(CCCNC(=O)C(Cc1cc[c]cc1)NS(=O)(=O)c1ccccc1)c1ccccc1. The van der Waals surface area contributed by atoms with Crippen molar-refractivity contribution in [2.24, 2.45) is 0 Å². The number of amides is 1. The van der Waals surface area contributed by atoms with Gasteiger partial charge in [0.1, 0.15) is 6.04 Å². The van der Waals surface area contributed by atoms with Crippen LogP contribution in [-0.4, -0.2) is 40.5 Å². The van der Waals surface area contributed by atoms with Crippen LogP contribution in [0.3, 0.4) is 0 Å². The minimum absolute atomic E-state index is 0.128. The maximum Gasteiger partial charge on any atom is 0.241 e. The van der Waals surface area contributed by atoms with Gasteiger partial charge in [-0.2, -0.15) is 4.72 Å². The molecule has 1 unspecified atom stereocenters. The second kappa shape index (κ2) is 11.5. The molecular formula is C25H28N3O3S. The molecule has 0 aliphatic heterocycles. The number of sulfonamides is 1. The summed E-state index contributed by atoms with van der Waals surface area (Å²) in [6.45, 7) is 1.21. The Hall–Kier alpha value is -3.16. The largest absolute Gasteiger partial charge is 0.375 e. The summed E-state index contributed by atoms with van der Waals surface area (Å²) >= 11 is 0. The van der Waals surface area contributed by atoms with Crippen molar-refractivity contribution >= 4 is 21.6 Å². The Labute approximate surface area is 190 Å². The number of carbonyl (C=O) groups excluding carboxylic acids is 1. The summed E-state index contributed by atoms with van der Waals surface area (Å²) in [4.78, 5) is 15.2. The van der Waals surface area contributed by atoms with E-state index in [0.29, 0.717) is 6.54 Å². The number of nitrogens with zero attached hydrogens (tertiary/aromatic N) is 1. The number of hydrogen-bond donors (Lipinski definition) is 2. The minimum atomic E-state index is -3.83. The minimum Gasteiger partial charge on any atom is -0.375 e. The molecule has 1 radical (unpaired) electrons. The predicted molar refractivity (Wildman–Crippen MR) is 127 cm³/mol. The van der Waals surface area contributed by atoms with Gasteiger partial charge in [-0.05, 0) is 48.7 Å². The first-order valence-corrected chi connectivity index (χ1v) is 12.0. The molecule has 0 aliphatic carbocycles. The molecule has 3 aromatic carbocycles. The number of carbonyl (C=O) groups is 1. The first kappa shape index (κ1) is 23.5. The molecule has 3 aromatic rings. The molecule has 1 amide bonds. The maximum atomic E-state index is 12.9. The van der Waals surface area contributed by atoms with E-state index in [1.807, 2.05) is 49.5 Å². The molecule has 3 rings (SSSR count). The van der Waals surface area contributed by atoms with Crippen molar-refractivity contribution < 1.29 is 13.2 Å². The summed E-state index contributed by atoms with van der Waals surface area (Å²) in [7, 11) is -1.83. The third-order valence-electron chi connectivity index (χ3n) is 5.06. The Morgan fingerprint density at radius 1 is 0.969 bits per heavy atom. The van der Waals surface area contributed by atoms with E-state index in [2.05, 4.69) is 21.0 Å². The molecule has 7 heteroatoms. The maximum absolute atomic E-state index is 12.9. The second-order valence-electron chi connectivity index (χ2n) is 7.50. The lowest BCUT2D eigenvalue weighted by Gasteiger charge is -2.21. The van der Waals surface area contributed by atoms with E-state index >= 15 is 0 Å². The Morgan fingerprint density at radius 3 is 2.25 bits per heavy atom. The lowest BCUT2D eigenvalue weighted by atomic mass is 10.1. The Morgan fingerprint density at radius 2 is 1.59 bits per heavy atom. The average Bonchev–Trinajstić information content (AvgIpc) is 2.83. The first-order chi connectivity index (χ1) is 15.5. The molecule has 167 valence electrons. The van der Waals surface area contributed by atoms with Gasteiger partial charge in [0.25, 0.3) is 0 Å². The summed E-state index contributed by atoms with van der Waals surface area (Å²) in [5.41, 5.74) is 1.96. The molecule has 0 fully saturated rings. The Balaban J connectivity index is 1.61. The monoisotopic (exact) mass is 450 g/mol. The van der Waals surface area contributed by atoms with Crippen LogP contribution in [0, 0.1) is 6.07 Å². The number of rotatable bonds is 11. The van der Waals surface area contributed by atoms with Gasteiger partial charge in [0, 0.05) is 25.8 Å². The smallest absolute Gasteiger partial charge is 0.241 e. The topological polar surface area (TPSA) is 78.5 Å². The molecule has 0 saturated carbocycles. The molecule has 0 spiro atoms. The van der Waals surface area contributed by atoms with Crippen molar-refractivity contribution in [3.63, 3.8) is 0 Å². The van der Waals surface area contributed by atoms with Gasteiger partial charge in [-0.25, -0.2) is 8.42 Å². The summed E-state index contributed by atoms with van der Waals surface area (Å²) < 4.78 is 28.2. The molecule has 0 aromatic heterocycles. The fourth-order valence-electron chi connectivity index (χ4n) is 3.30. The molecule has 6 nitrogen and oxygen atoms in total. The van der Waals surface area contributed by atoms with E-state index in [-0.39, 0.29) is 17.2 Å². The Bertz CT molecular complexity index is 1080. The van der Waals surface area contributed by atoms with E-state index in [4.69, 9.17) is 0 Å². The van der Waals surface area contributed by atoms with E-state index in [0.717, 1.165) is 24.2 Å². The molecule has 2 N–H and O–H groups in total. The van der Waals surface area contributed by atoms with Crippen LogP contribution >= 0.6 is 0 Å². The number of anilines is 1. The van der Waals surface area contributed by atoms with Crippen LogP contribution in [0.5, 0.6) is 0 Å².